The Morgan fingerprint density at radius 2 is 1.53 bits per heavy atom. The molecule has 53 heavy (non-hydrogen) atoms. The Balaban J connectivity index is 0.000000211. The van der Waals surface area contributed by atoms with Gasteiger partial charge in [0.15, 0.2) is 0 Å². The summed E-state index contributed by atoms with van der Waals surface area (Å²) in [6.45, 7) is 5.96. The quantitative estimate of drug-likeness (QED) is 0.118. The van der Waals surface area contributed by atoms with E-state index in [1.54, 1.807) is 6.20 Å². The molecule has 5 nitrogen and oxygen atoms in total. The molecule has 5 heterocycles. The molecular weight excluding hydrogens is 889 g/mol. The van der Waals surface area contributed by atoms with Gasteiger partial charge in [-0.1, -0.05) is 68.1 Å². The first kappa shape index (κ1) is 36.0. The molecule has 1 aliphatic carbocycles. The molecule has 2 aromatic carbocycles. The first-order valence-electron chi connectivity index (χ1n) is 19.4. The van der Waals surface area contributed by atoms with Crippen LogP contribution in [0.15, 0.2) is 108 Å². The molecule has 0 aliphatic heterocycles. The Hall–Kier alpha value is -3.97. The Morgan fingerprint density at radius 1 is 0.774 bits per heavy atom. The molecule has 1 aliphatic rings. The molecule has 7 heteroatoms. The van der Waals surface area contributed by atoms with Crippen LogP contribution in [0.25, 0.3) is 56.0 Å². The third-order valence-electron chi connectivity index (χ3n) is 10.2. The minimum absolute atomic E-state index is 0. The van der Waals surface area contributed by atoms with Gasteiger partial charge in [-0.3, -0.25) is 0 Å². The zero-order valence-electron chi connectivity index (χ0n) is 33.5. The molecule has 1 unspecified atom stereocenters. The molecule has 0 bridgehead atoms. The molecule has 1 fully saturated rings. The molecular formula is C46H48GeIrN4O-2. The SMILES string of the molecule is [2H]C(C)(C)c1cc(-c2[c-]cccc2)nc[c]1[Ge]([CH3])([CH3])[CH3].[2H]C(C)(c1ccnc(-c2[c-]nc3oc4nc(-c5ccccc5)ccc4c3c2)c1)C1CCCCC1.[Ir]. The van der Waals surface area contributed by atoms with Crippen molar-refractivity contribution in [1.82, 2.24) is 19.9 Å². The molecule has 1 atom stereocenters. The topological polar surface area (TPSA) is 64.7 Å². The summed E-state index contributed by atoms with van der Waals surface area (Å²) < 4.78 is 24.9. The Kier molecular flexibility index (Phi) is 11.6. The van der Waals surface area contributed by atoms with Gasteiger partial charge < -0.3 is 14.4 Å². The number of pyridine rings is 4. The number of aromatic nitrogens is 4. The predicted molar refractivity (Wildman–Crippen MR) is 217 cm³/mol. The van der Waals surface area contributed by atoms with E-state index in [9.17, 15) is 0 Å². The smallest absolute Gasteiger partial charge is 0.218 e. The van der Waals surface area contributed by atoms with E-state index in [4.69, 9.17) is 12.1 Å². The van der Waals surface area contributed by atoms with Crippen molar-refractivity contribution in [3.8, 4) is 33.8 Å². The number of furan rings is 1. The monoisotopic (exact) mass is 941 g/mol. The Labute approximate surface area is 333 Å². The van der Waals surface area contributed by atoms with Gasteiger partial charge in [-0.15, -0.1) is 11.6 Å². The van der Waals surface area contributed by atoms with Crippen LogP contribution in [0.4, 0.5) is 0 Å². The molecule has 1 saturated carbocycles. The summed E-state index contributed by atoms with van der Waals surface area (Å²) in [7, 11) is 0. The minimum atomic E-state index is -2.03. The summed E-state index contributed by atoms with van der Waals surface area (Å²) in [5.41, 5.74) is 8.59. The number of rotatable bonds is 7. The fourth-order valence-corrected chi connectivity index (χ4v) is 10.5. The van der Waals surface area contributed by atoms with E-state index in [0.717, 1.165) is 68.5 Å². The molecule has 8 rings (SSSR count). The van der Waals surface area contributed by atoms with Crippen molar-refractivity contribution >= 4 is 39.9 Å². The molecule has 273 valence electrons. The van der Waals surface area contributed by atoms with Gasteiger partial charge in [-0.05, 0) is 60.1 Å². The summed E-state index contributed by atoms with van der Waals surface area (Å²) in [6, 6.07) is 33.3. The van der Waals surface area contributed by atoms with Gasteiger partial charge in [0.1, 0.15) is 5.71 Å². The van der Waals surface area contributed by atoms with E-state index in [1.807, 2.05) is 112 Å². The van der Waals surface area contributed by atoms with Gasteiger partial charge in [-0.25, -0.2) is 4.98 Å². The largest absolute Gasteiger partial charge is 0.467 e. The van der Waals surface area contributed by atoms with Crippen LogP contribution in [0, 0.1) is 18.2 Å². The number of nitrogens with zero attached hydrogens (tertiary/aromatic N) is 4. The Morgan fingerprint density at radius 3 is 2.25 bits per heavy atom. The second-order valence-corrected chi connectivity index (χ2v) is 25.7. The van der Waals surface area contributed by atoms with Gasteiger partial charge in [-0.2, -0.15) is 0 Å². The van der Waals surface area contributed by atoms with Crippen LogP contribution in [-0.2, 0) is 20.1 Å². The number of hydrogen-bond acceptors (Lipinski definition) is 5. The maximum absolute atomic E-state index is 9.15. The average Bonchev–Trinajstić information content (AvgIpc) is 3.55. The van der Waals surface area contributed by atoms with E-state index in [1.165, 1.54) is 23.7 Å². The van der Waals surface area contributed by atoms with E-state index in [-0.39, 0.29) is 20.1 Å². The van der Waals surface area contributed by atoms with Crippen molar-refractivity contribution in [2.75, 3.05) is 0 Å². The second-order valence-electron chi connectivity index (χ2n) is 15.1. The normalized spacial score (nSPS) is 15.4. The van der Waals surface area contributed by atoms with Crippen LogP contribution in [0.3, 0.4) is 0 Å². The van der Waals surface area contributed by atoms with E-state index in [2.05, 4.69) is 50.6 Å². The summed E-state index contributed by atoms with van der Waals surface area (Å²) >= 11 is -2.03. The van der Waals surface area contributed by atoms with E-state index >= 15 is 0 Å². The van der Waals surface area contributed by atoms with Gasteiger partial charge in [0, 0.05) is 38.6 Å². The van der Waals surface area contributed by atoms with Crippen molar-refractivity contribution in [1.29, 1.82) is 0 Å². The maximum Gasteiger partial charge on any atom is 0.218 e. The molecule has 0 N–H and O–H groups in total. The van der Waals surface area contributed by atoms with Crippen LogP contribution in [0.1, 0.15) is 78.5 Å². The summed E-state index contributed by atoms with van der Waals surface area (Å²) in [4.78, 5) is 18.4. The minimum Gasteiger partial charge on any atom is -0.467 e. The number of hydrogen-bond donors (Lipinski definition) is 0. The first-order chi connectivity index (χ1) is 25.8. The van der Waals surface area contributed by atoms with Crippen molar-refractivity contribution in [3.05, 3.63) is 127 Å². The van der Waals surface area contributed by atoms with Crippen LogP contribution in [-0.4, -0.2) is 33.2 Å². The van der Waals surface area contributed by atoms with Crippen LogP contribution < -0.4 is 4.40 Å². The second kappa shape index (κ2) is 17.0. The fraction of sp³-hybridized carbons (Fsp3) is 0.304. The summed E-state index contributed by atoms with van der Waals surface area (Å²) in [6.07, 6.45) is 12.9. The molecule has 7 aromatic rings. The standard InChI is InChI=1S/C29H26N3O.C17H22GeN.Ir/c1-19(20-8-4-2-5-9-20)22-14-15-30-27(17-22)23-16-25-24-12-13-26(21-10-6-3-7-11-21)32-29(24)33-28(25)31-18-23;1-13(2)15-11-17(14-9-7-6-8-10-14)19-12-16(15)18(3,4)5;/h3,6-7,10-17,19-20H,2,4-5,8-9H2,1H3;6-9,11-13H,1-5H3;/q2*-1;/i19D;13D;. The molecule has 0 saturated heterocycles. The van der Waals surface area contributed by atoms with E-state index in [0.29, 0.717) is 17.3 Å². The number of fused-ring (bicyclic) bond motifs is 3. The van der Waals surface area contributed by atoms with Gasteiger partial charge in [0.25, 0.3) is 0 Å². The zero-order valence-corrected chi connectivity index (χ0v) is 36.0. The molecule has 0 amide bonds. The van der Waals surface area contributed by atoms with Gasteiger partial charge in [0.2, 0.25) is 5.71 Å². The zero-order chi connectivity index (χ0) is 38.1. The van der Waals surface area contributed by atoms with E-state index < -0.39 is 25.1 Å². The van der Waals surface area contributed by atoms with Crippen molar-refractivity contribution < 1.29 is 27.3 Å². The van der Waals surface area contributed by atoms with Gasteiger partial charge >= 0.3 is 120 Å². The summed E-state index contributed by atoms with van der Waals surface area (Å²) in [5, 5.41) is 1.81. The third-order valence-corrected chi connectivity index (χ3v) is 14.4. The maximum atomic E-state index is 9.15. The van der Waals surface area contributed by atoms with Crippen molar-refractivity contribution in [2.45, 2.75) is 81.9 Å². The fourth-order valence-electron chi connectivity index (χ4n) is 7.16. The molecule has 5 aromatic heterocycles. The van der Waals surface area contributed by atoms with Gasteiger partial charge in [0.05, 0.1) is 5.69 Å². The average molecular weight is 940 g/mol. The Bertz CT molecular complexity index is 2380. The van der Waals surface area contributed by atoms with Crippen LogP contribution >= 0.6 is 0 Å². The van der Waals surface area contributed by atoms with Crippen molar-refractivity contribution in [3.63, 3.8) is 0 Å². The number of benzene rings is 2. The first-order valence-corrected chi connectivity index (χ1v) is 25.8. The van der Waals surface area contributed by atoms with Crippen LogP contribution in [0.5, 0.6) is 0 Å². The molecule has 1 radical (unpaired) electrons. The van der Waals surface area contributed by atoms with Crippen molar-refractivity contribution in [2.24, 2.45) is 5.92 Å². The summed E-state index contributed by atoms with van der Waals surface area (Å²) in [5.74, 6) is 6.20. The molecule has 0 spiro atoms. The predicted octanol–water partition coefficient (Wildman–Crippen LogP) is 11.8. The third kappa shape index (κ3) is 8.88. The van der Waals surface area contributed by atoms with Crippen LogP contribution in [0.2, 0.25) is 17.3 Å².